The first-order valence-electron chi connectivity index (χ1n) is 7.15. The van der Waals surface area contributed by atoms with Crippen molar-refractivity contribution in [2.45, 2.75) is 39.5 Å². The van der Waals surface area contributed by atoms with Crippen LogP contribution in [0.2, 0.25) is 0 Å². The second kappa shape index (κ2) is 6.68. The first-order chi connectivity index (χ1) is 9.93. The number of halogens is 1. The topological polar surface area (TPSA) is 50.7 Å². The van der Waals surface area contributed by atoms with Crippen molar-refractivity contribution in [2.75, 3.05) is 11.9 Å². The van der Waals surface area contributed by atoms with E-state index in [0.29, 0.717) is 0 Å². The molecule has 1 N–H and O–H groups in total. The van der Waals surface area contributed by atoms with Crippen molar-refractivity contribution in [3.63, 3.8) is 0 Å². The van der Waals surface area contributed by atoms with Crippen LogP contribution in [-0.4, -0.2) is 21.5 Å². The van der Waals surface area contributed by atoms with Crippen molar-refractivity contribution in [1.82, 2.24) is 15.0 Å². The molecule has 112 valence electrons. The van der Waals surface area contributed by atoms with Crippen molar-refractivity contribution < 1.29 is 0 Å². The zero-order valence-electron chi connectivity index (χ0n) is 12.9. The molecule has 0 spiro atoms. The third kappa shape index (κ3) is 3.90. The maximum atomic E-state index is 4.80. The third-order valence-electron chi connectivity index (χ3n) is 3.04. The van der Waals surface area contributed by atoms with Gasteiger partial charge in [0.05, 0.1) is 9.26 Å². The van der Waals surface area contributed by atoms with Gasteiger partial charge in [-0.25, -0.2) is 9.97 Å². The molecule has 0 fully saturated rings. The number of pyridine rings is 1. The van der Waals surface area contributed by atoms with E-state index in [4.69, 9.17) is 9.97 Å². The highest BCUT2D eigenvalue weighted by atomic mass is 127. The lowest BCUT2D eigenvalue weighted by molar-refractivity contribution is 0.564. The molecule has 0 unspecified atom stereocenters. The lowest BCUT2D eigenvalue weighted by Crippen LogP contribution is -2.19. The smallest absolute Gasteiger partial charge is 0.161 e. The second-order valence-corrected chi connectivity index (χ2v) is 7.05. The summed E-state index contributed by atoms with van der Waals surface area (Å²) in [4.78, 5) is 13.6. The molecule has 5 heteroatoms. The monoisotopic (exact) mass is 396 g/mol. The van der Waals surface area contributed by atoms with Crippen LogP contribution in [0.1, 0.15) is 39.8 Å². The van der Waals surface area contributed by atoms with Gasteiger partial charge < -0.3 is 5.32 Å². The van der Waals surface area contributed by atoms with E-state index in [9.17, 15) is 0 Å². The summed E-state index contributed by atoms with van der Waals surface area (Å²) in [6.07, 6.45) is 4.61. The summed E-state index contributed by atoms with van der Waals surface area (Å²) in [5, 5.41) is 3.41. The lowest BCUT2D eigenvalue weighted by Gasteiger charge is -2.22. The quantitative estimate of drug-likeness (QED) is 0.785. The van der Waals surface area contributed by atoms with Gasteiger partial charge in [-0.2, -0.15) is 0 Å². The molecule has 0 bridgehead atoms. The Morgan fingerprint density at radius 3 is 2.38 bits per heavy atom. The van der Waals surface area contributed by atoms with Gasteiger partial charge in [-0.3, -0.25) is 4.98 Å². The largest absolute Gasteiger partial charge is 0.369 e. The first kappa shape index (κ1) is 16.1. The zero-order valence-corrected chi connectivity index (χ0v) is 15.1. The Morgan fingerprint density at radius 2 is 1.81 bits per heavy atom. The molecule has 0 aromatic carbocycles. The molecule has 0 atom stereocenters. The highest BCUT2D eigenvalue weighted by Crippen LogP contribution is 2.31. The first-order valence-corrected chi connectivity index (χ1v) is 8.23. The van der Waals surface area contributed by atoms with Gasteiger partial charge in [0.25, 0.3) is 0 Å². The summed E-state index contributed by atoms with van der Waals surface area (Å²) >= 11 is 2.34. The Kier molecular flexibility index (Phi) is 5.13. The minimum Gasteiger partial charge on any atom is -0.369 e. The Bertz CT molecular complexity index is 606. The highest BCUT2D eigenvalue weighted by molar-refractivity contribution is 14.1. The van der Waals surface area contributed by atoms with E-state index in [2.05, 4.69) is 60.6 Å². The van der Waals surface area contributed by atoms with Gasteiger partial charge in [-0.15, -0.1) is 0 Å². The van der Waals surface area contributed by atoms with E-state index in [1.54, 1.807) is 12.4 Å². The number of aromatic nitrogens is 3. The van der Waals surface area contributed by atoms with Gasteiger partial charge in [0.15, 0.2) is 5.82 Å². The lowest BCUT2D eigenvalue weighted by atomic mass is 9.91. The van der Waals surface area contributed by atoms with E-state index in [0.717, 1.165) is 39.4 Å². The molecule has 0 saturated heterocycles. The molecule has 2 heterocycles. The Hall–Kier alpha value is -1.24. The van der Waals surface area contributed by atoms with Gasteiger partial charge in [-0.05, 0) is 41.1 Å². The van der Waals surface area contributed by atoms with Crippen molar-refractivity contribution in [3.8, 4) is 11.4 Å². The Balaban J connectivity index is 2.56. The minimum atomic E-state index is -0.0239. The zero-order chi connectivity index (χ0) is 15.5. The van der Waals surface area contributed by atoms with Gasteiger partial charge >= 0.3 is 0 Å². The van der Waals surface area contributed by atoms with Crippen LogP contribution in [0.4, 0.5) is 5.82 Å². The van der Waals surface area contributed by atoms with E-state index in [1.165, 1.54) is 0 Å². The Labute approximate surface area is 140 Å². The third-order valence-corrected chi connectivity index (χ3v) is 4.06. The van der Waals surface area contributed by atoms with E-state index >= 15 is 0 Å². The van der Waals surface area contributed by atoms with Gasteiger partial charge in [0.1, 0.15) is 5.82 Å². The molecule has 2 rings (SSSR count). The average Bonchev–Trinajstić information content (AvgIpc) is 2.46. The van der Waals surface area contributed by atoms with Gasteiger partial charge in [0.2, 0.25) is 0 Å². The summed E-state index contributed by atoms with van der Waals surface area (Å²) in [7, 11) is 0. The number of rotatable bonds is 4. The second-order valence-electron chi connectivity index (χ2n) is 5.97. The van der Waals surface area contributed by atoms with Crippen LogP contribution in [0, 0.1) is 3.57 Å². The predicted molar refractivity (Wildman–Crippen MR) is 95.5 cm³/mol. The SMILES string of the molecule is CCCNc1nc(-c2ccncc2)nc(C(C)(C)C)c1I. The number of nitrogens with zero attached hydrogens (tertiary/aromatic N) is 3. The van der Waals surface area contributed by atoms with Crippen molar-refractivity contribution in [2.24, 2.45) is 0 Å². The maximum absolute atomic E-state index is 4.80. The molecule has 0 saturated carbocycles. The fraction of sp³-hybridized carbons (Fsp3) is 0.438. The summed E-state index contributed by atoms with van der Waals surface area (Å²) in [6.45, 7) is 9.59. The molecule has 0 aliphatic rings. The van der Waals surface area contributed by atoms with Gasteiger partial charge in [-0.1, -0.05) is 27.7 Å². The van der Waals surface area contributed by atoms with Crippen molar-refractivity contribution >= 4 is 28.4 Å². The molecular formula is C16H21IN4. The predicted octanol–water partition coefficient (Wildman–Crippen LogP) is 4.26. The molecule has 0 aliphatic heterocycles. The van der Waals surface area contributed by atoms with Crippen LogP contribution in [0.15, 0.2) is 24.5 Å². The van der Waals surface area contributed by atoms with Crippen LogP contribution < -0.4 is 5.32 Å². The van der Waals surface area contributed by atoms with Crippen LogP contribution >= 0.6 is 22.6 Å². The van der Waals surface area contributed by atoms with Crippen LogP contribution in [0.5, 0.6) is 0 Å². The van der Waals surface area contributed by atoms with E-state index in [-0.39, 0.29) is 5.41 Å². The van der Waals surface area contributed by atoms with E-state index < -0.39 is 0 Å². The molecule has 0 amide bonds. The summed E-state index contributed by atoms with van der Waals surface area (Å²) in [5.74, 6) is 1.67. The standard InChI is InChI=1S/C16H21IN4/c1-5-8-19-15-12(17)13(16(2,3)4)20-14(21-15)11-6-9-18-10-7-11/h6-7,9-10H,5,8H2,1-4H3,(H,19,20,21). The molecule has 21 heavy (non-hydrogen) atoms. The number of hydrogen-bond donors (Lipinski definition) is 1. The van der Waals surface area contributed by atoms with Gasteiger partial charge in [0, 0.05) is 29.9 Å². The van der Waals surface area contributed by atoms with Crippen LogP contribution in [-0.2, 0) is 5.41 Å². The maximum Gasteiger partial charge on any atom is 0.161 e. The van der Waals surface area contributed by atoms with E-state index in [1.807, 2.05) is 12.1 Å². The summed E-state index contributed by atoms with van der Waals surface area (Å²) in [6, 6.07) is 3.89. The van der Waals surface area contributed by atoms with Crippen molar-refractivity contribution in [1.29, 1.82) is 0 Å². The summed E-state index contributed by atoms with van der Waals surface area (Å²) < 4.78 is 1.10. The summed E-state index contributed by atoms with van der Waals surface area (Å²) in [5.41, 5.74) is 2.04. The molecule has 0 aliphatic carbocycles. The minimum absolute atomic E-state index is 0.0239. The van der Waals surface area contributed by atoms with Crippen molar-refractivity contribution in [3.05, 3.63) is 33.8 Å². The normalized spacial score (nSPS) is 11.5. The molecule has 0 radical (unpaired) electrons. The molecule has 4 nitrogen and oxygen atoms in total. The number of anilines is 1. The average molecular weight is 396 g/mol. The van der Waals surface area contributed by atoms with Crippen LogP contribution in [0.25, 0.3) is 11.4 Å². The fourth-order valence-electron chi connectivity index (χ4n) is 1.93. The molecular weight excluding hydrogens is 375 g/mol. The molecule has 2 aromatic rings. The fourth-order valence-corrected chi connectivity index (χ4v) is 3.18. The number of hydrogen-bond acceptors (Lipinski definition) is 4. The number of nitrogens with one attached hydrogen (secondary N) is 1. The molecule has 2 aromatic heterocycles. The highest BCUT2D eigenvalue weighted by Gasteiger charge is 2.23. The Morgan fingerprint density at radius 1 is 1.14 bits per heavy atom. The van der Waals surface area contributed by atoms with Crippen LogP contribution in [0.3, 0.4) is 0 Å².